The average molecular weight is 274 g/mol. The molecule has 14 heavy (non-hydrogen) atoms. The second-order valence-corrected chi connectivity index (χ2v) is 11.0. The minimum Gasteiger partial charge on any atom is -0.352 e. The van der Waals surface area contributed by atoms with Crippen molar-refractivity contribution in [3.05, 3.63) is 0 Å². The van der Waals surface area contributed by atoms with Crippen molar-refractivity contribution in [1.29, 1.82) is 0 Å². The summed E-state index contributed by atoms with van der Waals surface area (Å²) < 4.78 is 16.5. The van der Waals surface area contributed by atoms with E-state index in [1.165, 1.54) is 0 Å². The van der Waals surface area contributed by atoms with Gasteiger partial charge in [-0.1, -0.05) is 0 Å². The van der Waals surface area contributed by atoms with Gasteiger partial charge in [0.1, 0.15) is 0 Å². The second kappa shape index (κ2) is 7.49. The van der Waals surface area contributed by atoms with Gasteiger partial charge in [0.2, 0.25) is 8.32 Å². The van der Waals surface area contributed by atoms with E-state index in [4.69, 9.17) is 13.3 Å². The zero-order chi connectivity index (χ0) is 11.2. The zero-order valence-corrected chi connectivity index (χ0v) is 12.7. The van der Waals surface area contributed by atoms with Gasteiger partial charge in [-0.3, -0.25) is 0 Å². The number of thiol groups is 2. The van der Waals surface area contributed by atoms with Crippen molar-refractivity contribution in [3.8, 4) is 0 Å². The molecule has 0 aromatic heterocycles. The van der Waals surface area contributed by atoms with Gasteiger partial charge in [-0.25, -0.2) is 0 Å². The molecule has 0 radical (unpaired) electrons. The van der Waals surface area contributed by atoms with E-state index in [9.17, 15) is 0 Å². The second-order valence-electron chi connectivity index (χ2n) is 3.13. The molecule has 86 valence electrons. The van der Waals surface area contributed by atoms with Crippen LogP contribution < -0.4 is 0 Å². The summed E-state index contributed by atoms with van der Waals surface area (Å²) in [5.41, 5.74) is 0. The van der Waals surface area contributed by atoms with E-state index in [1.54, 1.807) is 0 Å². The Bertz CT molecular complexity index is 154. The fraction of sp³-hybridized carbons (Fsp3) is 1.00. The number of rotatable bonds is 7. The molecule has 0 atom stereocenters. The predicted molar refractivity (Wildman–Crippen MR) is 70.5 cm³/mol. The van der Waals surface area contributed by atoms with Crippen molar-refractivity contribution in [1.82, 2.24) is 0 Å². The first-order valence-electron chi connectivity index (χ1n) is 4.55. The van der Waals surface area contributed by atoms with Gasteiger partial charge in [0, 0.05) is 0 Å². The molecule has 0 aliphatic rings. The minimum atomic E-state index is -1.91. The fourth-order valence-electron chi connectivity index (χ4n) is 0.540. The molecule has 0 rings (SSSR count). The van der Waals surface area contributed by atoms with Gasteiger partial charge in [-0.05, 0) is 26.9 Å². The standard InChI is InChI=1S/C7H19O3PS2Si/c1-5-8-11(9-6-2)10-14(3,4)7(12)13/h7,12-13H,5-6H2,1-4H3. The van der Waals surface area contributed by atoms with Crippen LogP contribution in [0.2, 0.25) is 13.1 Å². The summed E-state index contributed by atoms with van der Waals surface area (Å²) in [5, 5.41) is 0. The summed E-state index contributed by atoms with van der Waals surface area (Å²) in [6, 6.07) is 0. The van der Waals surface area contributed by atoms with Crippen LogP contribution in [0.3, 0.4) is 0 Å². The molecule has 0 aliphatic heterocycles. The quantitative estimate of drug-likeness (QED) is 0.323. The van der Waals surface area contributed by atoms with E-state index in [0.29, 0.717) is 13.2 Å². The molecular formula is C7H19O3PS2Si. The largest absolute Gasteiger partial charge is 0.352 e. The van der Waals surface area contributed by atoms with E-state index < -0.39 is 16.9 Å². The van der Waals surface area contributed by atoms with E-state index >= 15 is 0 Å². The Kier molecular flexibility index (Phi) is 8.15. The molecule has 0 aromatic carbocycles. The molecule has 0 bridgehead atoms. The third-order valence-corrected chi connectivity index (χ3v) is 9.79. The highest BCUT2D eigenvalue weighted by molar-refractivity contribution is 8.02. The van der Waals surface area contributed by atoms with Gasteiger partial charge in [0.05, 0.1) is 17.4 Å². The Morgan fingerprint density at radius 3 is 1.86 bits per heavy atom. The van der Waals surface area contributed by atoms with Crippen molar-refractivity contribution in [3.63, 3.8) is 0 Å². The SMILES string of the molecule is CCOP(OCC)O[Si](C)(C)C(S)S. The minimum absolute atomic E-state index is 0.0339. The van der Waals surface area contributed by atoms with Crippen LogP contribution in [0.5, 0.6) is 0 Å². The lowest BCUT2D eigenvalue weighted by atomic mass is 10.9. The molecule has 7 heteroatoms. The first-order chi connectivity index (χ1) is 6.44. The van der Waals surface area contributed by atoms with E-state index in [1.807, 2.05) is 26.9 Å². The summed E-state index contributed by atoms with van der Waals surface area (Å²) in [6.45, 7) is 9.13. The predicted octanol–water partition coefficient (Wildman–Crippen LogP) is 3.23. The summed E-state index contributed by atoms with van der Waals surface area (Å²) >= 11 is 8.58. The molecular weight excluding hydrogens is 255 g/mol. The van der Waals surface area contributed by atoms with Crippen LogP contribution in [0.4, 0.5) is 0 Å². The van der Waals surface area contributed by atoms with Gasteiger partial charge < -0.3 is 13.3 Å². The van der Waals surface area contributed by atoms with Crippen LogP contribution in [0.1, 0.15) is 13.8 Å². The van der Waals surface area contributed by atoms with Crippen LogP contribution in [0, 0.1) is 0 Å². The lowest BCUT2D eigenvalue weighted by molar-refractivity contribution is 0.219. The molecule has 0 aromatic rings. The Balaban J connectivity index is 4.12. The highest BCUT2D eigenvalue weighted by atomic mass is 32.2. The van der Waals surface area contributed by atoms with E-state index in [-0.39, 0.29) is 4.21 Å². The molecule has 0 heterocycles. The maximum atomic E-state index is 5.79. The monoisotopic (exact) mass is 274 g/mol. The van der Waals surface area contributed by atoms with Crippen LogP contribution >= 0.6 is 33.9 Å². The Morgan fingerprint density at radius 1 is 1.14 bits per heavy atom. The molecule has 0 spiro atoms. The molecule has 0 fully saturated rings. The molecule has 0 N–H and O–H groups in total. The van der Waals surface area contributed by atoms with Crippen LogP contribution in [-0.4, -0.2) is 25.7 Å². The normalized spacial score (nSPS) is 12.9. The van der Waals surface area contributed by atoms with Gasteiger partial charge in [-0.15, -0.1) is 0 Å². The maximum Gasteiger partial charge on any atom is 0.321 e. The van der Waals surface area contributed by atoms with Gasteiger partial charge in [-0.2, -0.15) is 25.3 Å². The van der Waals surface area contributed by atoms with E-state index in [2.05, 4.69) is 25.3 Å². The molecule has 0 aliphatic carbocycles. The lowest BCUT2D eigenvalue weighted by Gasteiger charge is -2.28. The van der Waals surface area contributed by atoms with E-state index in [0.717, 1.165) is 0 Å². The van der Waals surface area contributed by atoms with Crippen LogP contribution in [-0.2, 0) is 13.3 Å². The van der Waals surface area contributed by atoms with Crippen molar-refractivity contribution < 1.29 is 13.3 Å². The lowest BCUT2D eigenvalue weighted by Crippen LogP contribution is -2.37. The summed E-state index contributed by atoms with van der Waals surface area (Å²) in [6.07, 6.45) is 0. The Hall–Kier alpha value is 1.23. The van der Waals surface area contributed by atoms with Gasteiger partial charge in [0.25, 0.3) is 0 Å². The van der Waals surface area contributed by atoms with Crippen molar-refractivity contribution in [2.24, 2.45) is 0 Å². The number of hydrogen-bond acceptors (Lipinski definition) is 5. The maximum absolute atomic E-state index is 5.79. The molecule has 0 unspecified atom stereocenters. The van der Waals surface area contributed by atoms with Crippen molar-refractivity contribution >= 4 is 42.2 Å². The summed E-state index contributed by atoms with van der Waals surface area (Å²) in [7, 11) is -3.13. The number of hydrogen-bond donors (Lipinski definition) is 2. The first kappa shape index (κ1) is 15.2. The molecule has 0 amide bonds. The smallest absolute Gasteiger partial charge is 0.321 e. The molecule has 0 saturated heterocycles. The first-order valence-corrected chi connectivity index (χ1v) is 9.66. The Morgan fingerprint density at radius 2 is 1.57 bits per heavy atom. The molecule has 0 saturated carbocycles. The van der Waals surface area contributed by atoms with Gasteiger partial charge >= 0.3 is 8.60 Å². The summed E-state index contributed by atoms with van der Waals surface area (Å²) in [5.74, 6) is 0. The van der Waals surface area contributed by atoms with Crippen molar-refractivity contribution in [2.45, 2.75) is 31.1 Å². The van der Waals surface area contributed by atoms with Gasteiger partial charge in [0.15, 0.2) is 0 Å². The zero-order valence-electron chi connectivity index (χ0n) is 9.06. The Labute approximate surface area is 99.8 Å². The third-order valence-electron chi connectivity index (χ3n) is 1.40. The topological polar surface area (TPSA) is 27.7 Å². The van der Waals surface area contributed by atoms with Crippen LogP contribution in [0.15, 0.2) is 0 Å². The summed E-state index contributed by atoms with van der Waals surface area (Å²) in [4.78, 5) is 0. The van der Waals surface area contributed by atoms with Crippen LogP contribution in [0.25, 0.3) is 0 Å². The fourth-order valence-corrected chi connectivity index (χ4v) is 4.22. The highest BCUT2D eigenvalue weighted by Gasteiger charge is 2.33. The average Bonchev–Trinajstić information content (AvgIpc) is 2.04. The molecule has 3 nitrogen and oxygen atoms in total. The third kappa shape index (κ3) is 5.95. The highest BCUT2D eigenvalue weighted by Crippen LogP contribution is 2.44. The van der Waals surface area contributed by atoms with Crippen molar-refractivity contribution in [2.75, 3.05) is 13.2 Å².